The van der Waals surface area contributed by atoms with E-state index in [2.05, 4.69) is 39.8 Å². The van der Waals surface area contributed by atoms with Gasteiger partial charge in [-0.05, 0) is 68.4 Å². The Morgan fingerprint density at radius 1 is 0.950 bits per heavy atom. The normalized spacial score (nSPS) is 18.1. The smallest absolute Gasteiger partial charge is 0.275 e. The molecule has 214 valence electrons. The van der Waals surface area contributed by atoms with Crippen LogP contribution in [0.3, 0.4) is 0 Å². The van der Waals surface area contributed by atoms with E-state index in [1.807, 2.05) is 66.8 Å². The predicted octanol–water partition coefficient (Wildman–Crippen LogP) is 6.38. The minimum Gasteiger partial charge on any atom is -0.349 e. The highest BCUT2D eigenvalue weighted by Gasteiger charge is 2.43. The van der Waals surface area contributed by atoms with Crippen LogP contribution >= 0.6 is 9.24 Å². The fourth-order valence-electron chi connectivity index (χ4n) is 5.79. The Bertz CT molecular complexity index is 1160. The van der Waals surface area contributed by atoms with Crippen molar-refractivity contribution in [1.82, 2.24) is 15.5 Å². The molecule has 0 aromatic heterocycles. The molecular formula is C33H42F2N3OP. The van der Waals surface area contributed by atoms with Crippen molar-refractivity contribution < 1.29 is 13.6 Å². The summed E-state index contributed by atoms with van der Waals surface area (Å²) in [5, 5.41) is 6.28. The number of rotatable bonds is 13. The van der Waals surface area contributed by atoms with Crippen LogP contribution in [0.1, 0.15) is 49.7 Å². The van der Waals surface area contributed by atoms with E-state index in [9.17, 15) is 13.6 Å². The standard InChI is InChI=1S/C33H42F2N3OP/c34-33(35,40)26-37-31(39)32(29-17-9-4-10-18-29,28-15-7-1-2-8-16-28)21-11-12-22-38-23-19-30(20-24-38)36-25-27-13-5-3-6-14-27/h1-10,13-15,17-18,30,36H,11-12,16,19-26,40H2,(H,37,39). The Labute approximate surface area is 240 Å². The molecular weight excluding hydrogens is 523 g/mol. The van der Waals surface area contributed by atoms with Gasteiger partial charge in [0.1, 0.15) is 0 Å². The molecule has 0 bridgehead atoms. The number of likely N-dealkylation sites (tertiary alicyclic amines) is 1. The molecule has 1 aliphatic heterocycles. The first-order valence-electron chi connectivity index (χ1n) is 14.4. The molecule has 0 radical (unpaired) electrons. The van der Waals surface area contributed by atoms with E-state index < -0.39 is 17.6 Å². The molecule has 0 saturated carbocycles. The number of benzene rings is 2. The van der Waals surface area contributed by atoms with Gasteiger partial charge in [-0.25, -0.2) is 8.78 Å². The van der Waals surface area contributed by atoms with Gasteiger partial charge in [-0.15, -0.1) is 0 Å². The number of carbonyl (C=O) groups excluding carboxylic acids is 1. The number of nitrogens with zero attached hydrogens (tertiary/aromatic N) is 1. The topological polar surface area (TPSA) is 44.4 Å². The molecule has 2 aromatic carbocycles. The third-order valence-electron chi connectivity index (χ3n) is 7.98. The van der Waals surface area contributed by atoms with Crippen LogP contribution < -0.4 is 10.6 Å². The molecule has 2 unspecified atom stereocenters. The van der Waals surface area contributed by atoms with Gasteiger partial charge >= 0.3 is 0 Å². The lowest BCUT2D eigenvalue weighted by molar-refractivity contribution is -0.126. The summed E-state index contributed by atoms with van der Waals surface area (Å²) in [4.78, 5) is 16.4. The van der Waals surface area contributed by atoms with E-state index in [0.717, 1.165) is 63.0 Å². The first-order valence-corrected chi connectivity index (χ1v) is 15.0. The number of hydrogen-bond acceptors (Lipinski definition) is 3. The first kappa shape index (κ1) is 30.3. The number of amides is 1. The average molecular weight is 566 g/mol. The first-order chi connectivity index (χ1) is 19.4. The number of allylic oxidation sites excluding steroid dienone is 5. The Morgan fingerprint density at radius 2 is 1.65 bits per heavy atom. The van der Waals surface area contributed by atoms with Crippen molar-refractivity contribution in [2.24, 2.45) is 0 Å². The van der Waals surface area contributed by atoms with Crippen LogP contribution in [0.2, 0.25) is 0 Å². The number of piperidine rings is 1. The van der Waals surface area contributed by atoms with Gasteiger partial charge in [-0.2, -0.15) is 0 Å². The highest BCUT2D eigenvalue weighted by Crippen LogP contribution is 2.40. The average Bonchev–Trinajstić information content (AvgIpc) is 3.26. The number of nitrogens with one attached hydrogen (secondary N) is 2. The number of carbonyl (C=O) groups is 1. The summed E-state index contributed by atoms with van der Waals surface area (Å²) in [5.41, 5.74) is -0.979. The van der Waals surface area contributed by atoms with Crippen molar-refractivity contribution in [1.29, 1.82) is 0 Å². The molecule has 2 atom stereocenters. The molecule has 1 aliphatic carbocycles. The fourth-order valence-corrected chi connectivity index (χ4v) is 5.89. The van der Waals surface area contributed by atoms with E-state index in [1.54, 1.807) is 0 Å². The monoisotopic (exact) mass is 565 g/mol. The number of halogens is 2. The Balaban J connectivity index is 1.38. The van der Waals surface area contributed by atoms with Crippen molar-refractivity contribution >= 4 is 15.1 Å². The molecule has 4 nitrogen and oxygen atoms in total. The SMILES string of the molecule is O=C(NCC(F)(F)P)C(CCCCN1CCC(NCc2ccccc2)CC1)(C1=CC=CC=CC1)c1ccccc1. The quantitative estimate of drug-likeness (QED) is 0.219. The van der Waals surface area contributed by atoms with Gasteiger partial charge in [0.2, 0.25) is 5.91 Å². The van der Waals surface area contributed by atoms with Crippen LogP contribution in [0.4, 0.5) is 8.78 Å². The minimum atomic E-state index is -3.06. The lowest BCUT2D eigenvalue weighted by Crippen LogP contribution is -2.48. The number of alkyl halides is 2. The van der Waals surface area contributed by atoms with Gasteiger partial charge < -0.3 is 15.5 Å². The Kier molecular flexibility index (Phi) is 11.2. The number of unbranched alkanes of at least 4 members (excludes halogenated alkanes) is 1. The second-order valence-electron chi connectivity index (χ2n) is 10.9. The molecule has 2 aromatic rings. The predicted molar refractivity (Wildman–Crippen MR) is 163 cm³/mol. The molecule has 4 rings (SSSR count). The molecule has 1 saturated heterocycles. The zero-order valence-corrected chi connectivity index (χ0v) is 24.4. The highest BCUT2D eigenvalue weighted by atomic mass is 31.0. The van der Waals surface area contributed by atoms with Gasteiger partial charge in [0, 0.05) is 12.6 Å². The largest absolute Gasteiger partial charge is 0.349 e. The molecule has 7 heteroatoms. The lowest BCUT2D eigenvalue weighted by atomic mass is 9.68. The van der Waals surface area contributed by atoms with Crippen LogP contribution in [0.15, 0.2) is 96.6 Å². The van der Waals surface area contributed by atoms with E-state index in [1.165, 1.54) is 14.8 Å². The van der Waals surface area contributed by atoms with E-state index in [4.69, 9.17) is 0 Å². The summed E-state index contributed by atoms with van der Waals surface area (Å²) in [6, 6.07) is 20.7. The summed E-state index contributed by atoms with van der Waals surface area (Å²) in [6.45, 7) is 3.28. The van der Waals surface area contributed by atoms with Gasteiger partial charge in [0.25, 0.3) is 5.66 Å². The molecule has 1 fully saturated rings. The van der Waals surface area contributed by atoms with Crippen molar-refractivity contribution in [2.75, 3.05) is 26.2 Å². The molecule has 1 heterocycles. The molecule has 40 heavy (non-hydrogen) atoms. The fraction of sp³-hybridized carbons (Fsp3) is 0.424. The van der Waals surface area contributed by atoms with Gasteiger partial charge in [-0.1, -0.05) is 107 Å². The summed E-state index contributed by atoms with van der Waals surface area (Å²) < 4.78 is 27.5. The molecule has 2 N–H and O–H groups in total. The maximum absolute atomic E-state index is 13.9. The van der Waals surface area contributed by atoms with Crippen molar-refractivity contribution in [3.8, 4) is 0 Å². The van der Waals surface area contributed by atoms with Crippen molar-refractivity contribution in [3.05, 3.63) is 108 Å². The zero-order valence-electron chi connectivity index (χ0n) is 23.2. The summed E-state index contributed by atoms with van der Waals surface area (Å²) in [6.07, 6.45) is 15.0. The maximum atomic E-state index is 13.9. The highest BCUT2D eigenvalue weighted by molar-refractivity contribution is 7.18. The second kappa shape index (κ2) is 14.8. The van der Waals surface area contributed by atoms with Gasteiger partial charge in [0.05, 0.1) is 12.0 Å². The summed E-state index contributed by atoms with van der Waals surface area (Å²) in [7, 11) is 1.52. The van der Waals surface area contributed by atoms with Crippen LogP contribution in [-0.4, -0.2) is 48.7 Å². The van der Waals surface area contributed by atoms with Crippen LogP contribution in [0.25, 0.3) is 0 Å². The van der Waals surface area contributed by atoms with Gasteiger partial charge in [-0.3, -0.25) is 4.79 Å². The molecule has 1 amide bonds. The van der Waals surface area contributed by atoms with E-state index in [-0.39, 0.29) is 5.91 Å². The molecule has 2 aliphatic rings. The second-order valence-corrected chi connectivity index (χ2v) is 11.7. The zero-order chi connectivity index (χ0) is 28.3. The summed E-state index contributed by atoms with van der Waals surface area (Å²) >= 11 is 0. The van der Waals surface area contributed by atoms with Gasteiger partial charge in [0.15, 0.2) is 0 Å². The Morgan fingerprint density at radius 3 is 2.35 bits per heavy atom. The summed E-state index contributed by atoms with van der Waals surface area (Å²) in [5.74, 6) is -0.360. The van der Waals surface area contributed by atoms with E-state index >= 15 is 0 Å². The maximum Gasteiger partial charge on any atom is 0.275 e. The third kappa shape index (κ3) is 8.67. The van der Waals surface area contributed by atoms with Crippen molar-refractivity contribution in [3.63, 3.8) is 0 Å². The number of hydrogen-bond donors (Lipinski definition) is 2. The van der Waals surface area contributed by atoms with Crippen LogP contribution in [-0.2, 0) is 16.8 Å². The van der Waals surface area contributed by atoms with Crippen LogP contribution in [0, 0.1) is 0 Å². The Hall–Kier alpha value is -2.66. The van der Waals surface area contributed by atoms with Crippen LogP contribution in [0.5, 0.6) is 0 Å². The van der Waals surface area contributed by atoms with Crippen molar-refractivity contribution in [2.45, 2.75) is 62.2 Å². The third-order valence-corrected chi connectivity index (χ3v) is 8.19. The van der Waals surface area contributed by atoms with E-state index in [0.29, 0.717) is 18.9 Å². The minimum absolute atomic E-state index is 0.360. The molecule has 0 spiro atoms. The lowest BCUT2D eigenvalue weighted by Gasteiger charge is -2.36.